The Kier molecular flexibility index (Phi) is 6.88. The lowest BCUT2D eigenvalue weighted by Gasteiger charge is -2.19. The number of pyridine rings is 1. The van der Waals surface area contributed by atoms with Gasteiger partial charge in [-0.25, -0.2) is 9.78 Å². The number of nitrogens with zero attached hydrogens (tertiary/aromatic N) is 4. The van der Waals surface area contributed by atoms with Gasteiger partial charge in [0.2, 0.25) is 5.60 Å². The van der Waals surface area contributed by atoms with Crippen LogP contribution in [0.4, 0.5) is 0 Å². The molecule has 9 nitrogen and oxygen atoms in total. The van der Waals surface area contributed by atoms with E-state index in [2.05, 4.69) is 9.97 Å². The lowest BCUT2D eigenvalue weighted by atomic mass is 9.97. The summed E-state index contributed by atoms with van der Waals surface area (Å²) < 4.78 is 12.9. The summed E-state index contributed by atoms with van der Waals surface area (Å²) in [5.74, 6) is -0.290. The number of fused-ring (bicyclic) bond motifs is 3. The van der Waals surface area contributed by atoms with E-state index in [1.54, 1.807) is 26.2 Å². The number of rotatable bonds is 8. The highest BCUT2D eigenvalue weighted by atomic mass is 16.6. The summed E-state index contributed by atoms with van der Waals surface area (Å²) in [6, 6.07) is 9.16. The van der Waals surface area contributed by atoms with Gasteiger partial charge >= 0.3 is 11.9 Å². The fraction of sp³-hybridized carbons (Fsp3) is 0.414. The summed E-state index contributed by atoms with van der Waals surface area (Å²) in [6.45, 7) is 7.32. The third-order valence-corrected chi connectivity index (χ3v) is 6.79. The van der Waals surface area contributed by atoms with E-state index in [0.29, 0.717) is 36.5 Å². The van der Waals surface area contributed by atoms with E-state index in [1.165, 1.54) is 0 Å². The molecule has 9 heteroatoms. The predicted molar refractivity (Wildman–Crippen MR) is 140 cm³/mol. The van der Waals surface area contributed by atoms with Gasteiger partial charge in [-0.1, -0.05) is 12.1 Å². The fourth-order valence-corrected chi connectivity index (χ4v) is 4.89. The Morgan fingerprint density at radius 2 is 1.97 bits per heavy atom. The van der Waals surface area contributed by atoms with Crippen molar-refractivity contribution in [2.45, 2.75) is 77.7 Å². The van der Waals surface area contributed by atoms with Crippen LogP contribution in [0.1, 0.15) is 79.5 Å². The molecule has 3 aromatic rings. The first-order chi connectivity index (χ1) is 18.2. The molecule has 1 fully saturated rings. The molecule has 5 rings (SSSR count). The second kappa shape index (κ2) is 10.1. The maximum atomic E-state index is 12.9. The average Bonchev–Trinajstić information content (AvgIpc) is 3.60. The number of aliphatic imine (C=N–C) groups is 1. The Labute approximate surface area is 221 Å². The van der Waals surface area contributed by atoms with E-state index < -0.39 is 23.6 Å². The maximum absolute atomic E-state index is 12.9. The minimum absolute atomic E-state index is 0.0501. The summed E-state index contributed by atoms with van der Waals surface area (Å²) in [7, 11) is 0. The monoisotopic (exact) mass is 516 g/mol. The molecule has 1 saturated carbocycles. The van der Waals surface area contributed by atoms with Crippen LogP contribution in [0, 0.1) is 13.8 Å². The first-order valence-electron chi connectivity index (χ1n) is 12.9. The largest absolute Gasteiger partial charge is 0.460 e. The van der Waals surface area contributed by atoms with E-state index >= 15 is 0 Å². The van der Waals surface area contributed by atoms with Crippen LogP contribution in [-0.4, -0.2) is 49.0 Å². The molecule has 198 valence electrons. The lowest BCUT2D eigenvalue weighted by molar-refractivity contribution is -0.174. The van der Waals surface area contributed by atoms with Crippen LogP contribution in [-0.2, 0) is 25.7 Å². The van der Waals surface area contributed by atoms with Crippen LogP contribution < -0.4 is 0 Å². The summed E-state index contributed by atoms with van der Waals surface area (Å²) in [6.07, 6.45) is 4.52. The molecule has 1 aromatic carbocycles. The Morgan fingerprint density at radius 1 is 1.18 bits per heavy atom. The number of carbonyl (C=O) groups excluding carboxylic acids is 2. The molecule has 3 heterocycles. The second-order valence-corrected chi connectivity index (χ2v) is 10.2. The van der Waals surface area contributed by atoms with Crippen molar-refractivity contribution < 1.29 is 24.2 Å². The predicted octanol–water partition coefficient (Wildman–Crippen LogP) is 4.08. The highest BCUT2D eigenvalue weighted by Crippen LogP contribution is 2.42. The fourth-order valence-electron chi connectivity index (χ4n) is 4.89. The van der Waals surface area contributed by atoms with E-state index in [0.717, 1.165) is 28.1 Å². The van der Waals surface area contributed by atoms with Crippen LogP contribution in [0.5, 0.6) is 0 Å². The molecule has 1 N–H and O–H groups in total. The van der Waals surface area contributed by atoms with Gasteiger partial charge in [-0.2, -0.15) is 0 Å². The smallest absolute Gasteiger partial charge is 0.350 e. The molecule has 2 aliphatic rings. The van der Waals surface area contributed by atoms with Gasteiger partial charge in [-0.05, 0) is 57.9 Å². The number of imidazole rings is 1. The lowest BCUT2D eigenvalue weighted by Crippen LogP contribution is -2.33. The molecule has 38 heavy (non-hydrogen) atoms. The van der Waals surface area contributed by atoms with Gasteiger partial charge in [0.1, 0.15) is 11.9 Å². The van der Waals surface area contributed by atoms with Gasteiger partial charge in [0.15, 0.2) is 0 Å². The van der Waals surface area contributed by atoms with Crippen molar-refractivity contribution in [1.29, 1.82) is 0 Å². The van der Waals surface area contributed by atoms with E-state index in [-0.39, 0.29) is 19.1 Å². The molecule has 1 aliphatic carbocycles. The third kappa shape index (κ3) is 4.86. The summed E-state index contributed by atoms with van der Waals surface area (Å²) >= 11 is 0. The van der Waals surface area contributed by atoms with E-state index in [9.17, 15) is 14.7 Å². The molecule has 2 aromatic heterocycles. The zero-order valence-electron chi connectivity index (χ0n) is 22.1. The topological polar surface area (TPSA) is 116 Å². The van der Waals surface area contributed by atoms with Gasteiger partial charge in [-0.3, -0.25) is 19.3 Å². The molecular formula is C29H32N4O5. The number of aliphatic hydroxyl groups excluding tert-OH is 1. The number of hydrogen-bond acceptors (Lipinski definition) is 8. The van der Waals surface area contributed by atoms with Gasteiger partial charge in [0, 0.05) is 48.5 Å². The quantitative estimate of drug-likeness (QED) is 0.449. The number of benzene rings is 1. The molecule has 0 amide bonds. The highest BCUT2D eigenvalue weighted by Gasteiger charge is 2.56. The first kappa shape index (κ1) is 25.8. The molecule has 0 unspecified atom stereocenters. The Balaban J connectivity index is 1.50. The zero-order valence-corrected chi connectivity index (χ0v) is 22.1. The van der Waals surface area contributed by atoms with Crippen LogP contribution in [0.15, 0.2) is 47.7 Å². The Morgan fingerprint density at radius 3 is 2.63 bits per heavy atom. The normalized spacial score (nSPS) is 17.2. The number of carbonyl (C=O) groups is 2. The van der Waals surface area contributed by atoms with Gasteiger partial charge in [0.25, 0.3) is 0 Å². The maximum Gasteiger partial charge on any atom is 0.350 e. The molecule has 1 atom stereocenters. The molecule has 0 radical (unpaired) electrons. The standard InChI is InChI=1S/C29H32N4O5/c1-17(2)37-28(36)29(10-11-29)38-24(35)9-8-23-27-31-15-19(4)33(27)26-20(16-34)13-18(3)14-21(26)25(32-23)22-7-5-6-12-30-22/h5-7,12-15,17,23,34H,8-11,16H2,1-4H3/t23-/m0/s1. The van der Waals surface area contributed by atoms with Gasteiger partial charge in [-0.15, -0.1) is 0 Å². The van der Waals surface area contributed by atoms with Crippen molar-refractivity contribution >= 4 is 17.7 Å². The number of aromatic nitrogens is 3. The zero-order chi connectivity index (χ0) is 27.0. The van der Waals surface area contributed by atoms with Gasteiger partial charge < -0.3 is 14.6 Å². The number of aliphatic hydroxyl groups is 1. The van der Waals surface area contributed by atoms with Crippen molar-refractivity contribution in [1.82, 2.24) is 14.5 Å². The summed E-state index contributed by atoms with van der Waals surface area (Å²) in [4.78, 5) is 39.7. The second-order valence-electron chi connectivity index (χ2n) is 10.2. The molecular weight excluding hydrogens is 484 g/mol. The average molecular weight is 517 g/mol. The first-order valence-corrected chi connectivity index (χ1v) is 12.9. The molecule has 0 saturated heterocycles. The van der Waals surface area contributed by atoms with Crippen molar-refractivity contribution in [3.63, 3.8) is 0 Å². The van der Waals surface area contributed by atoms with Crippen molar-refractivity contribution in [2.24, 2.45) is 4.99 Å². The van der Waals surface area contributed by atoms with E-state index in [4.69, 9.17) is 14.5 Å². The van der Waals surface area contributed by atoms with Crippen molar-refractivity contribution in [3.8, 4) is 5.69 Å². The van der Waals surface area contributed by atoms with E-state index in [1.807, 2.05) is 48.7 Å². The minimum atomic E-state index is -1.16. The number of esters is 2. The Hall–Kier alpha value is -3.85. The highest BCUT2D eigenvalue weighted by molar-refractivity contribution is 6.14. The molecule has 1 aliphatic heterocycles. The number of ether oxygens (including phenoxy) is 2. The van der Waals surface area contributed by atoms with Crippen LogP contribution in [0.3, 0.4) is 0 Å². The van der Waals surface area contributed by atoms with Crippen molar-refractivity contribution in [2.75, 3.05) is 0 Å². The molecule has 0 spiro atoms. The molecule has 0 bridgehead atoms. The van der Waals surface area contributed by atoms with Crippen LogP contribution >= 0.6 is 0 Å². The van der Waals surface area contributed by atoms with Gasteiger partial charge in [0.05, 0.1) is 29.8 Å². The minimum Gasteiger partial charge on any atom is -0.460 e. The summed E-state index contributed by atoms with van der Waals surface area (Å²) in [5.41, 5.74) is 4.48. The Bertz CT molecular complexity index is 1410. The van der Waals surface area contributed by atoms with Crippen molar-refractivity contribution in [3.05, 3.63) is 76.6 Å². The number of aryl methyl sites for hydroxylation is 2. The SMILES string of the molecule is Cc1cc(CO)c2c(c1)C(c1ccccn1)=N[C@@H](CCC(=O)OC1(C(=O)OC(C)C)CC1)c1ncc(C)n1-2. The van der Waals surface area contributed by atoms with Crippen LogP contribution in [0.25, 0.3) is 5.69 Å². The van der Waals surface area contributed by atoms with Crippen LogP contribution in [0.2, 0.25) is 0 Å². The number of hydrogen-bond donors (Lipinski definition) is 1. The summed E-state index contributed by atoms with van der Waals surface area (Å²) in [5, 5.41) is 10.3. The third-order valence-electron chi connectivity index (χ3n) is 6.79.